The predicted molar refractivity (Wildman–Crippen MR) is 97.2 cm³/mol. The van der Waals surface area contributed by atoms with E-state index in [2.05, 4.69) is 15.3 Å². The lowest BCUT2D eigenvalue weighted by Gasteiger charge is -2.22. The molecule has 7 nitrogen and oxygen atoms in total. The van der Waals surface area contributed by atoms with Crippen molar-refractivity contribution < 1.29 is 30.5 Å². The van der Waals surface area contributed by atoms with Crippen molar-refractivity contribution in [1.82, 2.24) is 9.97 Å². The van der Waals surface area contributed by atoms with Crippen molar-refractivity contribution in [1.29, 1.82) is 0 Å². The van der Waals surface area contributed by atoms with Gasteiger partial charge in [-0.25, -0.2) is 4.98 Å². The number of benzene rings is 1. The molecule has 2 aromatic rings. The molecule has 154 valence electrons. The molecular formula is C15H14Cl2F3N3O4S. The van der Waals surface area contributed by atoms with Gasteiger partial charge in [0.15, 0.2) is 11.6 Å². The van der Waals surface area contributed by atoms with Crippen molar-refractivity contribution in [3.63, 3.8) is 0 Å². The summed E-state index contributed by atoms with van der Waals surface area (Å²) in [4.78, 5) is 7.56. The van der Waals surface area contributed by atoms with Crippen molar-refractivity contribution in [2.75, 3.05) is 25.2 Å². The molecule has 0 fully saturated rings. The van der Waals surface area contributed by atoms with E-state index in [1.165, 1.54) is 19.3 Å². The number of nitrogens with one attached hydrogen (secondary N) is 1. The van der Waals surface area contributed by atoms with Crippen LogP contribution in [0.25, 0.3) is 0 Å². The van der Waals surface area contributed by atoms with Crippen LogP contribution >= 0.6 is 23.2 Å². The van der Waals surface area contributed by atoms with Gasteiger partial charge in [-0.2, -0.15) is 26.6 Å². The van der Waals surface area contributed by atoms with Crippen molar-refractivity contribution in [2.45, 2.75) is 12.3 Å². The second-order valence-corrected chi connectivity index (χ2v) is 7.81. The zero-order valence-electron chi connectivity index (χ0n) is 14.4. The second kappa shape index (κ2) is 8.68. The summed E-state index contributed by atoms with van der Waals surface area (Å²) < 4.78 is 73.6. The lowest BCUT2D eigenvalue weighted by Crippen LogP contribution is -2.22. The number of nitrogens with zero attached hydrogens (tertiary/aromatic N) is 2. The van der Waals surface area contributed by atoms with Gasteiger partial charge in [-0.1, -0.05) is 17.7 Å². The molecule has 1 aromatic carbocycles. The Balaban J connectivity index is 2.42. The molecule has 0 aliphatic carbocycles. The number of hydrogen-bond donors (Lipinski definition) is 1. The van der Waals surface area contributed by atoms with E-state index >= 15 is 0 Å². The fraction of sp³-hybridized carbons (Fsp3) is 0.333. The largest absolute Gasteiger partial charge is 0.485 e. The van der Waals surface area contributed by atoms with E-state index in [-0.39, 0.29) is 21.9 Å². The summed E-state index contributed by atoms with van der Waals surface area (Å²) in [5.41, 5.74) is -1.60. The topological polar surface area (TPSA) is 90.4 Å². The molecule has 2 rings (SSSR count). The van der Waals surface area contributed by atoms with E-state index in [0.717, 1.165) is 6.07 Å². The van der Waals surface area contributed by atoms with Crippen molar-refractivity contribution >= 4 is 39.1 Å². The van der Waals surface area contributed by atoms with Gasteiger partial charge in [-0.15, -0.1) is 0 Å². The van der Waals surface area contributed by atoms with Gasteiger partial charge in [0, 0.05) is 12.1 Å². The van der Waals surface area contributed by atoms with Gasteiger partial charge in [-0.05, 0) is 29.3 Å². The number of aromatic nitrogens is 2. The minimum Gasteiger partial charge on any atom is -0.485 e. The van der Waals surface area contributed by atoms with E-state index in [0.29, 0.717) is 12.3 Å². The Morgan fingerprint density at radius 1 is 1.29 bits per heavy atom. The quantitative estimate of drug-likeness (QED) is 0.495. The summed E-state index contributed by atoms with van der Waals surface area (Å²) >= 11 is 11.3. The SMILES string of the molecule is CNc1nc(Cl)ncc1OCC(OS(C)(=O)=O)c1ccc(Cl)cc1C(F)(F)F. The van der Waals surface area contributed by atoms with Crippen LogP contribution in [0.1, 0.15) is 17.2 Å². The minimum atomic E-state index is -4.79. The third-order valence-corrected chi connectivity index (χ3v) is 4.31. The van der Waals surface area contributed by atoms with Gasteiger partial charge in [0.05, 0.1) is 18.0 Å². The smallest absolute Gasteiger partial charge is 0.416 e. The van der Waals surface area contributed by atoms with Crippen molar-refractivity contribution in [3.8, 4) is 5.75 Å². The molecule has 0 saturated heterocycles. The van der Waals surface area contributed by atoms with Gasteiger partial charge in [0.1, 0.15) is 12.7 Å². The van der Waals surface area contributed by atoms with Crippen LogP contribution in [0.5, 0.6) is 5.75 Å². The van der Waals surface area contributed by atoms with Gasteiger partial charge in [0.2, 0.25) is 5.28 Å². The first-order valence-corrected chi connectivity index (χ1v) is 10.1. The number of anilines is 1. The average Bonchev–Trinajstić information content (AvgIpc) is 2.57. The molecule has 0 radical (unpaired) electrons. The Labute approximate surface area is 168 Å². The Bertz CT molecular complexity index is 958. The first-order valence-electron chi connectivity index (χ1n) is 7.48. The first-order chi connectivity index (χ1) is 12.9. The van der Waals surface area contributed by atoms with E-state index in [1.807, 2.05) is 0 Å². The molecule has 1 unspecified atom stereocenters. The summed E-state index contributed by atoms with van der Waals surface area (Å²) in [6, 6.07) is 2.90. The number of ether oxygens (including phenoxy) is 1. The van der Waals surface area contributed by atoms with Crippen LogP contribution < -0.4 is 10.1 Å². The molecule has 0 amide bonds. The molecule has 0 saturated carbocycles. The van der Waals surface area contributed by atoms with Gasteiger partial charge < -0.3 is 10.1 Å². The molecule has 13 heteroatoms. The maximum Gasteiger partial charge on any atom is 0.416 e. The van der Waals surface area contributed by atoms with Gasteiger partial charge in [0.25, 0.3) is 10.1 Å². The zero-order valence-corrected chi connectivity index (χ0v) is 16.7. The fourth-order valence-electron chi connectivity index (χ4n) is 2.23. The molecule has 1 N–H and O–H groups in total. The van der Waals surface area contributed by atoms with E-state index in [1.54, 1.807) is 0 Å². The normalized spacial score (nSPS) is 13.2. The number of rotatable bonds is 7. The summed E-state index contributed by atoms with van der Waals surface area (Å²) in [7, 11) is -2.61. The first kappa shape index (κ1) is 22.5. The summed E-state index contributed by atoms with van der Waals surface area (Å²) in [5.74, 6) is 0.196. The maximum absolute atomic E-state index is 13.4. The van der Waals surface area contributed by atoms with E-state index in [4.69, 9.17) is 32.1 Å². The van der Waals surface area contributed by atoms with Crippen LogP contribution in [0, 0.1) is 0 Å². The summed E-state index contributed by atoms with van der Waals surface area (Å²) in [5, 5.41) is 2.42. The van der Waals surface area contributed by atoms with Crippen LogP contribution in [0.4, 0.5) is 19.0 Å². The second-order valence-electron chi connectivity index (χ2n) is 5.43. The molecular weight excluding hydrogens is 446 g/mol. The molecule has 0 bridgehead atoms. The Hall–Kier alpha value is -1.82. The fourth-order valence-corrected chi connectivity index (χ4v) is 3.12. The van der Waals surface area contributed by atoms with Gasteiger partial charge >= 0.3 is 6.18 Å². The molecule has 0 aliphatic heterocycles. The lowest BCUT2D eigenvalue weighted by molar-refractivity contribution is -0.139. The van der Waals surface area contributed by atoms with Crippen LogP contribution in [-0.4, -0.2) is 38.3 Å². The van der Waals surface area contributed by atoms with Crippen molar-refractivity contribution in [3.05, 3.63) is 45.8 Å². The third-order valence-electron chi connectivity index (χ3n) is 3.31. The standard InChI is InChI=1S/C15H14Cl2F3N3O4S/c1-21-13-11(6-22-14(17)23-13)26-7-12(27-28(2,24)25)9-4-3-8(16)5-10(9)15(18,19)20/h3-6,12H,7H2,1-2H3,(H,21,22,23). The molecule has 1 atom stereocenters. The van der Waals surface area contributed by atoms with E-state index < -0.39 is 40.1 Å². The Kier molecular flexibility index (Phi) is 6.97. The molecule has 1 heterocycles. The highest BCUT2D eigenvalue weighted by molar-refractivity contribution is 7.86. The summed E-state index contributed by atoms with van der Waals surface area (Å²) in [6.45, 7) is -0.586. The van der Waals surface area contributed by atoms with Crippen LogP contribution in [0.2, 0.25) is 10.3 Å². The molecule has 0 spiro atoms. The number of hydrogen-bond acceptors (Lipinski definition) is 7. The highest BCUT2D eigenvalue weighted by atomic mass is 35.5. The zero-order chi connectivity index (χ0) is 21.1. The number of alkyl halides is 3. The van der Waals surface area contributed by atoms with Crippen LogP contribution in [0.3, 0.4) is 0 Å². The maximum atomic E-state index is 13.4. The monoisotopic (exact) mass is 459 g/mol. The van der Waals surface area contributed by atoms with Crippen molar-refractivity contribution in [2.24, 2.45) is 0 Å². The summed E-state index contributed by atoms with van der Waals surface area (Å²) in [6.07, 6.45) is -4.50. The third kappa shape index (κ3) is 6.09. The average molecular weight is 460 g/mol. The van der Waals surface area contributed by atoms with Gasteiger partial charge in [-0.3, -0.25) is 4.18 Å². The molecule has 1 aromatic heterocycles. The minimum absolute atomic E-state index is 0.0384. The molecule has 28 heavy (non-hydrogen) atoms. The van der Waals surface area contributed by atoms with Crippen LogP contribution in [0.15, 0.2) is 24.4 Å². The van der Waals surface area contributed by atoms with E-state index in [9.17, 15) is 21.6 Å². The van der Waals surface area contributed by atoms with Crippen LogP contribution in [-0.2, 0) is 20.5 Å². The Morgan fingerprint density at radius 3 is 2.54 bits per heavy atom. The highest BCUT2D eigenvalue weighted by Crippen LogP contribution is 2.38. The Morgan fingerprint density at radius 2 is 1.96 bits per heavy atom. The number of halogens is 5. The molecule has 0 aliphatic rings. The highest BCUT2D eigenvalue weighted by Gasteiger charge is 2.37. The predicted octanol–water partition coefficient (Wildman–Crippen LogP) is 3.94. The lowest BCUT2D eigenvalue weighted by atomic mass is 10.0.